The summed E-state index contributed by atoms with van der Waals surface area (Å²) in [7, 11) is 0. The summed E-state index contributed by atoms with van der Waals surface area (Å²) in [6.07, 6.45) is 2.19. The minimum absolute atomic E-state index is 0.445. The van der Waals surface area contributed by atoms with Crippen molar-refractivity contribution in [1.82, 2.24) is 15.2 Å². The topological polar surface area (TPSA) is 87.2 Å². The van der Waals surface area contributed by atoms with E-state index in [1.165, 1.54) is 0 Å². The molecule has 0 unspecified atom stereocenters. The normalized spacial score (nSPS) is 21.2. The molecule has 2 aliphatic rings. The third kappa shape index (κ3) is 2.35. The fraction of sp³-hybridized carbons (Fsp3) is 0.727. The van der Waals surface area contributed by atoms with Crippen LogP contribution in [0.15, 0.2) is 9.78 Å². The lowest BCUT2D eigenvalue weighted by atomic mass is 10.3. The van der Waals surface area contributed by atoms with E-state index in [4.69, 9.17) is 9.37 Å². The van der Waals surface area contributed by atoms with Crippen LogP contribution >= 0.6 is 0 Å². The lowest BCUT2D eigenvalue weighted by molar-refractivity contribution is 0.122. The number of aromatic nitrogens is 2. The van der Waals surface area contributed by atoms with E-state index >= 15 is 0 Å². The van der Waals surface area contributed by atoms with Crippen molar-refractivity contribution >= 4 is 11.7 Å². The molecule has 1 aromatic heterocycles. The van der Waals surface area contributed by atoms with Crippen molar-refractivity contribution in [3.63, 3.8) is 0 Å². The number of nitrogens with zero attached hydrogens (tertiary/aromatic N) is 5. The van der Waals surface area contributed by atoms with Gasteiger partial charge in [0.25, 0.3) is 0 Å². The second-order valence-corrected chi connectivity index (χ2v) is 4.65. The van der Waals surface area contributed by atoms with Gasteiger partial charge in [-0.3, -0.25) is 0 Å². The first-order valence-electron chi connectivity index (χ1n) is 6.53. The molecule has 2 aliphatic heterocycles. The lowest BCUT2D eigenvalue weighted by Gasteiger charge is -2.27. The molecular weight excluding hydrogens is 250 g/mol. The Labute approximate surface area is 110 Å². The standard InChI is InChI=1S/C11H17N5O3/c17-12-10(15-3-1-2-4-15)9-11(14-19-13-9)16-5-7-18-8-6-16/h17H,1-8H2/b12-10+. The van der Waals surface area contributed by atoms with E-state index < -0.39 is 0 Å². The van der Waals surface area contributed by atoms with Gasteiger partial charge in [0.1, 0.15) is 0 Å². The zero-order valence-corrected chi connectivity index (χ0v) is 10.7. The number of rotatable bonds is 2. The van der Waals surface area contributed by atoms with Crippen LogP contribution < -0.4 is 4.90 Å². The number of oxime groups is 1. The molecule has 8 nitrogen and oxygen atoms in total. The summed E-state index contributed by atoms with van der Waals surface area (Å²) >= 11 is 0. The fourth-order valence-electron chi connectivity index (χ4n) is 2.50. The lowest BCUT2D eigenvalue weighted by Crippen LogP contribution is -2.38. The fourth-order valence-corrected chi connectivity index (χ4v) is 2.50. The Morgan fingerprint density at radius 3 is 2.53 bits per heavy atom. The summed E-state index contributed by atoms with van der Waals surface area (Å²) < 4.78 is 10.2. The summed E-state index contributed by atoms with van der Waals surface area (Å²) in [6, 6.07) is 0. The number of morpholine rings is 1. The highest BCUT2D eigenvalue weighted by Crippen LogP contribution is 2.21. The Hall–Kier alpha value is -1.83. The van der Waals surface area contributed by atoms with Crippen molar-refractivity contribution < 1.29 is 14.6 Å². The molecule has 1 N–H and O–H groups in total. The van der Waals surface area contributed by atoms with E-state index in [1.54, 1.807) is 0 Å². The molecule has 19 heavy (non-hydrogen) atoms. The summed E-state index contributed by atoms with van der Waals surface area (Å²) in [6.45, 7) is 4.52. The van der Waals surface area contributed by atoms with Gasteiger partial charge in [-0.1, -0.05) is 5.16 Å². The highest BCUT2D eigenvalue weighted by atomic mass is 16.6. The summed E-state index contributed by atoms with van der Waals surface area (Å²) in [5.41, 5.74) is 0.506. The number of anilines is 1. The third-order valence-corrected chi connectivity index (χ3v) is 3.49. The minimum Gasteiger partial charge on any atom is -0.409 e. The van der Waals surface area contributed by atoms with Gasteiger partial charge in [0.15, 0.2) is 5.69 Å². The number of hydrogen-bond acceptors (Lipinski definition) is 7. The maximum absolute atomic E-state index is 9.27. The van der Waals surface area contributed by atoms with Gasteiger partial charge in [0.05, 0.1) is 13.2 Å². The minimum atomic E-state index is 0.445. The predicted molar refractivity (Wildman–Crippen MR) is 66.5 cm³/mol. The SMILES string of the molecule is O/N=C(\c1nonc1N1CCOCC1)N1CCCC1. The molecule has 0 saturated carbocycles. The summed E-state index contributed by atoms with van der Waals surface area (Å²) in [5, 5.41) is 20.5. The van der Waals surface area contributed by atoms with Crippen LogP contribution in [0.5, 0.6) is 0 Å². The van der Waals surface area contributed by atoms with Crippen LogP contribution in [0.3, 0.4) is 0 Å². The van der Waals surface area contributed by atoms with Gasteiger partial charge in [-0.25, -0.2) is 4.63 Å². The number of amidine groups is 1. The maximum Gasteiger partial charge on any atom is 0.205 e. The Bertz CT molecular complexity index is 449. The Kier molecular flexibility index (Phi) is 3.49. The molecular formula is C11H17N5O3. The van der Waals surface area contributed by atoms with E-state index in [9.17, 15) is 5.21 Å². The first-order valence-corrected chi connectivity index (χ1v) is 6.53. The molecule has 3 heterocycles. The summed E-state index contributed by atoms with van der Waals surface area (Å²) in [4.78, 5) is 4.04. The molecule has 0 bridgehead atoms. The largest absolute Gasteiger partial charge is 0.409 e. The average Bonchev–Trinajstić information content (AvgIpc) is 3.12. The number of likely N-dealkylation sites (tertiary alicyclic amines) is 1. The predicted octanol–water partition coefficient (Wildman–Crippen LogP) is 0.138. The van der Waals surface area contributed by atoms with E-state index in [-0.39, 0.29) is 0 Å². The van der Waals surface area contributed by atoms with Crippen LogP contribution in [0, 0.1) is 0 Å². The van der Waals surface area contributed by atoms with Crippen LogP contribution in [-0.2, 0) is 4.74 Å². The van der Waals surface area contributed by atoms with Crippen molar-refractivity contribution in [3.8, 4) is 0 Å². The molecule has 0 atom stereocenters. The van der Waals surface area contributed by atoms with Gasteiger partial charge < -0.3 is 19.7 Å². The molecule has 0 amide bonds. The molecule has 2 fully saturated rings. The zero-order chi connectivity index (χ0) is 13.1. The highest BCUT2D eigenvalue weighted by molar-refractivity contribution is 6.00. The molecule has 0 aromatic carbocycles. The van der Waals surface area contributed by atoms with Crippen molar-refractivity contribution in [2.75, 3.05) is 44.3 Å². The molecule has 0 radical (unpaired) electrons. The van der Waals surface area contributed by atoms with Gasteiger partial charge in [-0.2, -0.15) is 0 Å². The quantitative estimate of drug-likeness (QED) is 0.353. The van der Waals surface area contributed by atoms with Crippen LogP contribution in [0.25, 0.3) is 0 Å². The Balaban J connectivity index is 1.85. The molecule has 2 saturated heterocycles. The second-order valence-electron chi connectivity index (χ2n) is 4.65. The molecule has 1 aromatic rings. The third-order valence-electron chi connectivity index (χ3n) is 3.49. The van der Waals surface area contributed by atoms with Crippen LogP contribution in [0.2, 0.25) is 0 Å². The number of hydrogen-bond donors (Lipinski definition) is 1. The Morgan fingerprint density at radius 2 is 1.84 bits per heavy atom. The zero-order valence-electron chi connectivity index (χ0n) is 10.7. The maximum atomic E-state index is 9.27. The van der Waals surface area contributed by atoms with Gasteiger partial charge in [-0.05, 0) is 23.2 Å². The van der Waals surface area contributed by atoms with Gasteiger partial charge >= 0.3 is 0 Å². The van der Waals surface area contributed by atoms with Crippen LogP contribution in [-0.4, -0.2) is 65.6 Å². The van der Waals surface area contributed by atoms with Gasteiger partial charge in [-0.15, -0.1) is 0 Å². The smallest absolute Gasteiger partial charge is 0.205 e. The molecule has 3 rings (SSSR count). The van der Waals surface area contributed by atoms with E-state index in [0.29, 0.717) is 30.6 Å². The molecule has 0 spiro atoms. The van der Waals surface area contributed by atoms with Crippen molar-refractivity contribution in [2.45, 2.75) is 12.8 Å². The second kappa shape index (κ2) is 5.43. The molecule has 104 valence electrons. The van der Waals surface area contributed by atoms with E-state index in [2.05, 4.69) is 15.5 Å². The summed E-state index contributed by atoms with van der Waals surface area (Å²) in [5.74, 6) is 1.07. The Morgan fingerprint density at radius 1 is 1.11 bits per heavy atom. The monoisotopic (exact) mass is 267 g/mol. The van der Waals surface area contributed by atoms with Crippen molar-refractivity contribution in [1.29, 1.82) is 0 Å². The van der Waals surface area contributed by atoms with Crippen molar-refractivity contribution in [2.24, 2.45) is 5.16 Å². The van der Waals surface area contributed by atoms with E-state index in [1.807, 2.05) is 9.80 Å². The molecule has 8 heteroatoms. The van der Waals surface area contributed by atoms with Gasteiger partial charge in [0.2, 0.25) is 11.7 Å². The average molecular weight is 267 g/mol. The highest BCUT2D eigenvalue weighted by Gasteiger charge is 2.28. The van der Waals surface area contributed by atoms with Crippen LogP contribution in [0.1, 0.15) is 18.5 Å². The first kappa shape index (κ1) is 12.2. The first-order chi connectivity index (χ1) is 9.40. The molecule has 0 aliphatic carbocycles. The van der Waals surface area contributed by atoms with Crippen molar-refractivity contribution in [3.05, 3.63) is 5.69 Å². The van der Waals surface area contributed by atoms with Crippen LogP contribution in [0.4, 0.5) is 5.82 Å². The van der Waals surface area contributed by atoms with Gasteiger partial charge in [0, 0.05) is 26.2 Å². The number of ether oxygens (including phenoxy) is 1. The van der Waals surface area contributed by atoms with E-state index in [0.717, 1.165) is 39.0 Å².